The van der Waals surface area contributed by atoms with Crippen molar-refractivity contribution in [3.05, 3.63) is 0 Å². The summed E-state index contributed by atoms with van der Waals surface area (Å²) in [5.74, 6) is 0. The van der Waals surface area contributed by atoms with Gasteiger partial charge >= 0.3 is 6.03 Å². The van der Waals surface area contributed by atoms with Crippen LogP contribution in [0.3, 0.4) is 0 Å². The molecule has 2 amide bonds. The lowest BCUT2D eigenvalue weighted by Gasteiger charge is -2.26. The Morgan fingerprint density at radius 3 is 2.83 bits per heavy atom. The quantitative estimate of drug-likeness (QED) is 0.609. The standard InChI is InChI=1S/C8H13N3O/c9-5-2-6-10-8(12)11-7-3-1-4-7/h7H,1-4,6H2,(H2,10,11,12). The van der Waals surface area contributed by atoms with E-state index in [4.69, 9.17) is 5.26 Å². The average Bonchev–Trinajstić information content (AvgIpc) is 1.98. The van der Waals surface area contributed by atoms with Gasteiger partial charge in [-0.05, 0) is 19.3 Å². The molecule has 1 rings (SSSR count). The molecular weight excluding hydrogens is 154 g/mol. The summed E-state index contributed by atoms with van der Waals surface area (Å²) in [4.78, 5) is 11.0. The van der Waals surface area contributed by atoms with Gasteiger partial charge in [-0.25, -0.2) is 4.79 Å². The summed E-state index contributed by atoms with van der Waals surface area (Å²) in [5.41, 5.74) is 0. The molecule has 0 spiro atoms. The van der Waals surface area contributed by atoms with Crippen molar-refractivity contribution in [3.8, 4) is 6.07 Å². The van der Waals surface area contributed by atoms with Crippen molar-refractivity contribution < 1.29 is 4.79 Å². The first-order chi connectivity index (χ1) is 5.83. The highest BCUT2D eigenvalue weighted by Crippen LogP contribution is 2.17. The van der Waals surface area contributed by atoms with Crippen LogP contribution in [0.4, 0.5) is 4.79 Å². The molecule has 12 heavy (non-hydrogen) atoms. The van der Waals surface area contributed by atoms with Crippen LogP contribution in [0.25, 0.3) is 0 Å². The molecular formula is C8H13N3O. The highest BCUT2D eigenvalue weighted by atomic mass is 16.2. The van der Waals surface area contributed by atoms with Crippen LogP contribution < -0.4 is 10.6 Å². The summed E-state index contributed by atoms with van der Waals surface area (Å²) < 4.78 is 0. The Hall–Kier alpha value is -1.24. The summed E-state index contributed by atoms with van der Waals surface area (Å²) in [6.07, 6.45) is 3.76. The number of hydrogen-bond acceptors (Lipinski definition) is 2. The van der Waals surface area contributed by atoms with Crippen LogP contribution in [0.15, 0.2) is 0 Å². The maximum atomic E-state index is 11.0. The van der Waals surface area contributed by atoms with Gasteiger partial charge in [0.25, 0.3) is 0 Å². The number of urea groups is 1. The number of nitrogens with one attached hydrogen (secondary N) is 2. The van der Waals surface area contributed by atoms with Crippen LogP contribution in [0.5, 0.6) is 0 Å². The summed E-state index contributed by atoms with van der Waals surface area (Å²) in [6.45, 7) is 0.440. The molecule has 1 aliphatic carbocycles. The van der Waals surface area contributed by atoms with Gasteiger partial charge in [0.1, 0.15) is 0 Å². The van der Waals surface area contributed by atoms with Crippen LogP contribution in [-0.4, -0.2) is 18.6 Å². The fourth-order valence-electron chi connectivity index (χ4n) is 1.02. The molecule has 0 radical (unpaired) electrons. The molecule has 4 nitrogen and oxygen atoms in total. The Bertz CT molecular complexity index is 193. The Morgan fingerprint density at radius 1 is 1.58 bits per heavy atom. The minimum absolute atomic E-state index is 0.144. The number of rotatable bonds is 3. The molecule has 0 heterocycles. The van der Waals surface area contributed by atoms with Crippen molar-refractivity contribution in [1.29, 1.82) is 5.26 Å². The van der Waals surface area contributed by atoms with Crippen molar-refractivity contribution in [1.82, 2.24) is 10.6 Å². The average molecular weight is 167 g/mol. The Morgan fingerprint density at radius 2 is 2.33 bits per heavy atom. The van der Waals surface area contributed by atoms with Crippen molar-refractivity contribution in [2.45, 2.75) is 31.7 Å². The number of nitriles is 1. The van der Waals surface area contributed by atoms with E-state index in [-0.39, 0.29) is 6.03 Å². The number of carbonyl (C=O) groups excluding carboxylic acids is 1. The van der Waals surface area contributed by atoms with Gasteiger partial charge in [0.2, 0.25) is 0 Å². The Balaban J connectivity index is 2.00. The molecule has 0 bridgehead atoms. The summed E-state index contributed by atoms with van der Waals surface area (Å²) in [7, 11) is 0. The van der Waals surface area contributed by atoms with Gasteiger partial charge in [-0.2, -0.15) is 5.26 Å². The summed E-state index contributed by atoms with van der Waals surface area (Å²) in [5, 5.41) is 13.6. The number of amides is 2. The second-order valence-corrected chi connectivity index (χ2v) is 2.94. The zero-order chi connectivity index (χ0) is 8.81. The molecule has 0 saturated heterocycles. The third-order valence-corrected chi connectivity index (χ3v) is 1.96. The van der Waals surface area contributed by atoms with Gasteiger partial charge < -0.3 is 10.6 Å². The van der Waals surface area contributed by atoms with Gasteiger partial charge in [0, 0.05) is 12.6 Å². The van der Waals surface area contributed by atoms with E-state index in [0.717, 1.165) is 12.8 Å². The maximum absolute atomic E-state index is 11.0. The maximum Gasteiger partial charge on any atom is 0.315 e. The fourth-order valence-corrected chi connectivity index (χ4v) is 1.02. The van der Waals surface area contributed by atoms with E-state index in [2.05, 4.69) is 10.6 Å². The first-order valence-electron chi connectivity index (χ1n) is 4.24. The van der Waals surface area contributed by atoms with Gasteiger partial charge in [0.15, 0.2) is 0 Å². The van der Waals surface area contributed by atoms with E-state index in [9.17, 15) is 4.79 Å². The fraction of sp³-hybridized carbons (Fsp3) is 0.750. The molecule has 0 aliphatic heterocycles. The molecule has 0 unspecified atom stereocenters. The lowest BCUT2D eigenvalue weighted by atomic mass is 9.93. The minimum atomic E-state index is -0.144. The van der Waals surface area contributed by atoms with Crippen LogP contribution in [0.2, 0.25) is 0 Å². The Kier molecular flexibility index (Phi) is 3.39. The van der Waals surface area contributed by atoms with Gasteiger partial charge in [-0.3, -0.25) is 0 Å². The van der Waals surface area contributed by atoms with Crippen LogP contribution in [0.1, 0.15) is 25.7 Å². The Labute approximate surface area is 71.9 Å². The topological polar surface area (TPSA) is 64.9 Å². The van der Waals surface area contributed by atoms with Crippen LogP contribution in [0, 0.1) is 11.3 Å². The molecule has 0 atom stereocenters. The highest BCUT2D eigenvalue weighted by molar-refractivity contribution is 5.74. The number of carbonyl (C=O) groups is 1. The van der Waals surface area contributed by atoms with E-state index in [0.29, 0.717) is 19.0 Å². The van der Waals surface area contributed by atoms with E-state index < -0.39 is 0 Å². The monoisotopic (exact) mass is 167 g/mol. The predicted molar refractivity (Wildman–Crippen MR) is 44.4 cm³/mol. The third kappa shape index (κ3) is 2.79. The molecule has 1 aliphatic rings. The first-order valence-corrected chi connectivity index (χ1v) is 4.24. The molecule has 66 valence electrons. The minimum Gasteiger partial charge on any atom is -0.337 e. The smallest absolute Gasteiger partial charge is 0.315 e. The molecule has 1 fully saturated rings. The van der Waals surface area contributed by atoms with E-state index >= 15 is 0 Å². The SMILES string of the molecule is N#CCCNC(=O)NC1CCC1. The number of nitrogens with zero attached hydrogens (tertiary/aromatic N) is 1. The molecule has 2 N–H and O–H groups in total. The summed E-state index contributed by atoms with van der Waals surface area (Å²) >= 11 is 0. The van der Waals surface area contributed by atoms with Gasteiger partial charge in [0.05, 0.1) is 12.5 Å². The lowest BCUT2D eigenvalue weighted by molar-refractivity contribution is 0.228. The van der Waals surface area contributed by atoms with E-state index in [1.807, 2.05) is 6.07 Å². The largest absolute Gasteiger partial charge is 0.337 e. The predicted octanol–water partition coefficient (Wildman–Crippen LogP) is 0.752. The third-order valence-electron chi connectivity index (χ3n) is 1.96. The first kappa shape index (κ1) is 8.85. The van der Waals surface area contributed by atoms with Crippen molar-refractivity contribution in [2.24, 2.45) is 0 Å². The second-order valence-electron chi connectivity index (χ2n) is 2.94. The van der Waals surface area contributed by atoms with Gasteiger partial charge in [-0.1, -0.05) is 0 Å². The van der Waals surface area contributed by atoms with Crippen LogP contribution >= 0.6 is 0 Å². The van der Waals surface area contributed by atoms with Crippen LogP contribution in [-0.2, 0) is 0 Å². The summed E-state index contributed by atoms with van der Waals surface area (Å²) in [6, 6.07) is 2.19. The van der Waals surface area contributed by atoms with E-state index in [1.54, 1.807) is 0 Å². The van der Waals surface area contributed by atoms with E-state index in [1.165, 1.54) is 6.42 Å². The molecule has 0 aromatic carbocycles. The second kappa shape index (κ2) is 4.60. The normalized spacial score (nSPS) is 15.9. The van der Waals surface area contributed by atoms with Crippen molar-refractivity contribution in [2.75, 3.05) is 6.54 Å². The lowest BCUT2D eigenvalue weighted by Crippen LogP contribution is -2.45. The van der Waals surface area contributed by atoms with Crippen molar-refractivity contribution >= 4 is 6.03 Å². The molecule has 0 aromatic heterocycles. The molecule has 1 saturated carbocycles. The molecule has 0 aromatic rings. The number of hydrogen-bond donors (Lipinski definition) is 2. The highest BCUT2D eigenvalue weighted by Gasteiger charge is 2.18. The zero-order valence-corrected chi connectivity index (χ0v) is 6.97. The van der Waals surface area contributed by atoms with Crippen molar-refractivity contribution in [3.63, 3.8) is 0 Å². The van der Waals surface area contributed by atoms with Gasteiger partial charge in [-0.15, -0.1) is 0 Å². The zero-order valence-electron chi connectivity index (χ0n) is 6.97. The molecule has 4 heteroatoms.